The van der Waals surface area contributed by atoms with E-state index in [4.69, 9.17) is 21.9 Å². The van der Waals surface area contributed by atoms with E-state index in [1.807, 2.05) is 23.1 Å². The zero-order chi connectivity index (χ0) is 24.8. The lowest BCUT2D eigenvalue weighted by atomic mass is 9.97. The molecule has 1 fully saturated rings. The summed E-state index contributed by atoms with van der Waals surface area (Å²) in [6.07, 6.45) is 9.91. The van der Waals surface area contributed by atoms with Crippen molar-refractivity contribution in [3.05, 3.63) is 47.2 Å². The van der Waals surface area contributed by atoms with Crippen LogP contribution < -0.4 is 16.9 Å². The third kappa shape index (κ3) is 8.73. The van der Waals surface area contributed by atoms with Crippen molar-refractivity contribution >= 4 is 5.91 Å². The summed E-state index contributed by atoms with van der Waals surface area (Å²) in [6, 6.07) is 9.63. The van der Waals surface area contributed by atoms with E-state index >= 15 is 0 Å². The number of nitrogens with one attached hydrogen (secondary N) is 1. The molecule has 188 valence electrons. The van der Waals surface area contributed by atoms with Crippen LogP contribution in [0.1, 0.15) is 69.4 Å². The second-order valence-corrected chi connectivity index (χ2v) is 9.12. The first-order valence-corrected chi connectivity index (χ1v) is 12.6. The number of piperazine rings is 1. The topological polar surface area (TPSA) is 132 Å². The van der Waals surface area contributed by atoms with Gasteiger partial charge in [0.15, 0.2) is 0 Å². The normalized spacial score (nSPS) is 18.4. The minimum Gasteiger partial charge on any atom is -0.381 e. The molecule has 8 nitrogen and oxygen atoms in total. The Morgan fingerprint density at radius 2 is 2.03 bits per heavy atom. The number of hydrogen-bond donors (Lipinski definition) is 4. The van der Waals surface area contributed by atoms with Crippen molar-refractivity contribution in [3.63, 3.8) is 0 Å². The molecule has 34 heavy (non-hydrogen) atoms. The van der Waals surface area contributed by atoms with E-state index in [9.17, 15) is 4.79 Å². The van der Waals surface area contributed by atoms with Gasteiger partial charge in [0, 0.05) is 13.1 Å². The molecule has 0 radical (unpaired) electrons. The first-order valence-electron chi connectivity index (χ1n) is 12.6. The number of nitriles is 1. The van der Waals surface area contributed by atoms with E-state index in [0.29, 0.717) is 36.8 Å². The van der Waals surface area contributed by atoms with Gasteiger partial charge in [-0.25, -0.2) is 5.84 Å². The van der Waals surface area contributed by atoms with Crippen LogP contribution in [0.2, 0.25) is 0 Å². The third-order valence-electron chi connectivity index (χ3n) is 6.54. The lowest BCUT2D eigenvalue weighted by Gasteiger charge is -2.41. The molecule has 6 N–H and O–H groups in total. The van der Waals surface area contributed by atoms with Crippen LogP contribution in [0.5, 0.6) is 0 Å². The number of rotatable bonds is 15. The Morgan fingerprint density at radius 3 is 2.68 bits per heavy atom. The summed E-state index contributed by atoms with van der Waals surface area (Å²) in [4.78, 5) is 15.2. The zero-order valence-corrected chi connectivity index (χ0v) is 20.6. The predicted octanol–water partition coefficient (Wildman–Crippen LogP) is 2.58. The second-order valence-electron chi connectivity index (χ2n) is 9.12. The largest absolute Gasteiger partial charge is 0.381 e. The molecule has 2 unspecified atom stereocenters. The molecule has 1 aromatic carbocycles. The number of carbonyl (C=O) groups is 1. The maximum Gasteiger partial charge on any atom is 0.271 e. The van der Waals surface area contributed by atoms with Crippen LogP contribution in [0.15, 0.2) is 36.0 Å². The molecule has 8 heteroatoms. The van der Waals surface area contributed by atoms with Gasteiger partial charge >= 0.3 is 0 Å². The number of hydrogen-bond acceptors (Lipinski definition) is 7. The SMILES string of the molecule is CCCCCC1CN(Cc2ccc(C#N)cc2)C(=O)/C(=C/CCCC(CN)CCNCO)N1N. The highest BCUT2D eigenvalue weighted by molar-refractivity contribution is 5.93. The van der Waals surface area contributed by atoms with Gasteiger partial charge in [0.2, 0.25) is 0 Å². The summed E-state index contributed by atoms with van der Waals surface area (Å²) < 4.78 is 0. The standard InChI is InChI=1S/C26H42N6O2/c1-2-3-4-8-24-19-31(18-23-12-10-22(17-28)11-13-23)26(34)25(32(24)29)9-6-5-7-21(16-27)14-15-30-20-33/h9-13,21,24,30,33H,2-8,14-16,18-20,27,29H2,1H3/b25-9-. The number of aliphatic hydroxyl groups is 1. The Balaban J connectivity index is 2.05. The Morgan fingerprint density at radius 1 is 1.26 bits per heavy atom. The lowest BCUT2D eigenvalue weighted by molar-refractivity contribution is -0.134. The van der Waals surface area contributed by atoms with Gasteiger partial charge in [-0.3, -0.25) is 10.1 Å². The van der Waals surface area contributed by atoms with Crippen molar-refractivity contribution in [1.29, 1.82) is 5.26 Å². The number of nitrogens with zero attached hydrogens (tertiary/aromatic N) is 3. The summed E-state index contributed by atoms with van der Waals surface area (Å²) in [5.74, 6) is 6.82. The second kappa shape index (κ2) is 15.5. The number of aliphatic hydroxyl groups excluding tert-OH is 1. The number of benzene rings is 1. The highest BCUT2D eigenvalue weighted by atomic mass is 16.3. The van der Waals surface area contributed by atoms with E-state index in [-0.39, 0.29) is 18.7 Å². The number of hydrazine groups is 1. The van der Waals surface area contributed by atoms with Crippen LogP contribution in [0.4, 0.5) is 0 Å². The molecule has 2 atom stereocenters. The van der Waals surface area contributed by atoms with E-state index in [1.54, 1.807) is 17.1 Å². The zero-order valence-electron chi connectivity index (χ0n) is 20.6. The minimum absolute atomic E-state index is 0.0176. The molecule has 1 saturated heterocycles. The smallest absolute Gasteiger partial charge is 0.271 e. The molecule has 0 aliphatic carbocycles. The van der Waals surface area contributed by atoms with Crippen LogP contribution in [-0.2, 0) is 11.3 Å². The summed E-state index contributed by atoms with van der Waals surface area (Å²) in [6.45, 7) is 4.64. The minimum atomic E-state index is -0.0406. The summed E-state index contributed by atoms with van der Waals surface area (Å²) in [7, 11) is 0. The van der Waals surface area contributed by atoms with Gasteiger partial charge in [-0.2, -0.15) is 5.26 Å². The molecule has 1 amide bonds. The molecule has 1 aliphatic heterocycles. The molecular weight excluding hydrogens is 428 g/mol. The van der Waals surface area contributed by atoms with Gasteiger partial charge < -0.3 is 20.7 Å². The predicted molar refractivity (Wildman–Crippen MR) is 135 cm³/mol. The Kier molecular flexibility index (Phi) is 12.6. The fraction of sp³-hybridized carbons (Fsp3) is 0.615. The highest BCUT2D eigenvalue weighted by Gasteiger charge is 2.34. The van der Waals surface area contributed by atoms with Crippen molar-refractivity contribution in [2.75, 3.05) is 26.4 Å². The number of unbranched alkanes of at least 4 members (excludes halogenated alkanes) is 3. The molecule has 0 aromatic heterocycles. The third-order valence-corrected chi connectivity index (χ3v) is 6.54. The van der Waals surface area contributed by atoms with E-state index < -0.39 is 0 Å². The lowest BCUT2D eigenvalue weighted by Crippen LogP contribution is -2.56. The quantitative estimate of drug-likeness (QED) is 0.134. The first kappa shape index (κ1) is 27.8. The van der Waals surface area contributed by atoms with Gasteiger partial charge in [0.05, 0.1) is 24.4 Å². The summed E-state index contributed by atoms with van der Waals surface area (Å²) >= 11 is 0. The van der Waals surface area contributed by atoms with Crippen LogP contribution in [0.25, 0.3) is 0 Å². The Labute approximate surface area is 204 Å². The van der Waals surface area contributed by atoms with Gasteiger partial charge in [-0.05, 0) is 68.8 Å². The highest BCUT2D eigenvalue weighted by Crippen LogP contribution is 2.24. The molecule has 0 bridgehead atoms. The molecule has 0 spiro atoms. The fourth-order valence-electron chi connectivity index (χ4n) is 4.40. The van der Waals surface area contributed by atoms with E-state index in [2.05, 4.69) is 18.3 Å². The Bertz CT molecular complexity index is 805. The maximum atomic E-state index is 13.3. The average molecular weight is 471 g/mol. The van der Waals surface area contributed by atoms with Crippen LogP contribution in [-0.4, -0.2) is 53.3 Å². The molecule has 1 aliphatic rings. The summed E-state index contributed by atoms with van der Waals surface area (Å²) in [5.41, 5.74) is 8.09. The summed E-state index contributed by atoms with van der Waals surface area (Å²) in [5, 5.41) is 22.5. The number of amides is 1. The number of allylic oxidation sites excluding steroid dienone is 1. The fourth-order valence-corrected chi connectivity index (χ4v) is 4.40. The van der Waals surface area contributed by atoms with Crippen molar-refractivity contribution in [1.82, 2.24) is 15.2 Å². The van der Waals surface area contributed by atoms with Crippen molar-refractivity contribution in [3.8, 4) is 6.07 Å². The monoisotopic (exact) mass is 470 g/mol. The molecule has 1 aromatic rings. The Hall–Kier alpha value is -2.44. The number of nitrogens with two attached hydrogens (primary N) is 2. The van der Waals surface area contributed by atoms with E-state index in [1.165, 1.54) is 0 Å². The van der Waals surface area contributed by atoms with Crippen molar-refractivity contribution in [2.45, 2.75) is 70.9 Å². The van der Waals surface area contributed by atoms with Crippen LogP contribution >= 0.6 is 0 Å². The maximum absolute atomic E-state index is 13.3. The van der Waals surface area contributed by atoms with Gasteiger partial charge in [-0.15, -0.1) is 0 Å². The van der Waals surface area contributed by atoms with Gasteiger partial charge in [0.25, 0.3) is 5.91 Å². The molecule has 2 rings (SSSR count). The average Bonchev–Trinajstić information content (AvgIpc) is 2.85. The van der Waals surface area contributed by atoms with Gasteiger partial charge in [0.1, 0.15) is 5.70 Å². The van der Waals surface area contributed by atoms with Gasteiger partial charge in [-0.1, -0.05) is 44.4 Å². The first-order chi connectivity index (χ1) is 16.5. The van der Waals surface area contributed by atoms with Crippen LogP contribution in [0.3, 0.4) is 0 Å². The van der Waals surface area contributed by atoms with E-state index in [0.717, 1.165) is 63.5 Å². The number of carbonyl (C=O) groups excluding carboxylic acids is 1. The van der Waals surface area contributed by atoms with Crippen molar-refractivity contribution in [2.24, 2.45) is 17.5 Å². The molecular formula is C26H42N6O2. The van der Waals surface area contributed by atoms with Crippen LogP contribution in [0, 0.1) is 17.2 Å². The molecule has 1 heterocycles. The molecule has 0 saturated carbocycles. The van der Waals surface area contributed by atoms with Crippen molar-refractivity contribution < 1.29 is 9.90 Å².